The van der Waals surface area contributed by atoms with Crippen LogP contribution in [0.2, 0.25) is 15.1 Å². The fourth-order valence-electron chi connectivity index (χ4n) is 5.32. The average molecular weight is 567 g/mol. The Balaban J connectivity index is 1.49. The number of allylic oxidation sites excluding steroid dienone is 3. The number of carbonyl (C=O) groups excluding carboxylic acids is 2. The van der Waals surface area contributed by atoms with Gasteiger partial charge < -0.3 is 10.1 Å². The smallest absolute Gasteiger partial charge is 0.336 e. The van der Waals surface area contributed by atoms with E-state index < -0.39 is 11.9 Å². The van der Waals surface area contributed by atoms with Gasteiger partial charge in [0.15, 0.2) is 5.78 Å². The lowest BCUT2D eigenvalue weighted by Gasteiger charge is -2.37. The Morgan fingerprint density at radius 2 is 1.68 bits per heavy atom. The zero-order valence-electron chi connectivity index (χ0n) is 20.8. The molecule has 0 spiro atoms. The zero-order chi connectivity index (χ0) is 26.8. The Hall–Kier alpha value is -3.05. The lowest BCUT2D eigenvalue weighted by Crippen LogP contribution is -2.36. The number of dihydropyridines is 1. The first-order chi connectivity index (χ1) is 18.3. The number of benzene rings is 3. The predicted octanol–water partition coefficient (Wildman–Crippen LogP) is 7.79. The minimum Gasteiger partial charge on any atom is -0.462 e. The second kappa shape index (κ2) is 11.4. The Bertz CT molecular complexity index is 1440. The third-order valence-electron chi connectivity index (χ3n) is 7.15. The number of hydrogen-bond acceptors (Lipinski definition) is 4. The fourth-order valence-corrected chi connectivity index (χ4v) is 5.86. The molecule has 1 heterocycles. The van der Waals surface area contributed by atoms with E-state index in [9.17, 15) is 9.59 Å². The lowest BCUT2D eigenvalue weighted by atomic mass is 9.71. The normalized spacial score (nSPS) is 19.2. The highest BCUT2D eigenvalue weighted by molar-refractivity contribution is 6.42. The van der Waals surface area contributed by atoms with Crippen molar-refractivity contribution in [3.05, 3.63) is 127 Å². The van der Waals surface area contributed by atoms with Crippen LogP contribution in [-0.2, 0) is 20.7 Å². The summed E-state index contributed by atoms with van der Waals surface area (Å²) in [7, 11) is 0. The molecule has 0 radical (unpaired) electrons. The minimum atomic E-state index is -0.680. The lowest BCUT2D eigenvalue weighted by molar-refractivity contribution is -0.139. The van der Waals surface area contributed by atoms with E-state index in [1.807, 2.05) is 67.6 Å². The summed E-state index contributed by atoms with van der Waals surface area (Å²) < 4.78 is 5.74. The molecule has 3 aromatic carbocycles. The van der Waals surface area contributed by atoms with Crippen LogP contribution >= 0.6 is 34.8 Å². The number of Topliss-reactive ketones (excluding diaryl/α,β-unsaturated/α-hetero) is 1. The van der Waals surface area contributed by atoms with Crippen molar-refractivity contribution in [2.45, 2.75) is 38.0 Å². The van der Waals surface area contributed by atoms with Crippen molar-refractivity contribution in [3.63, 3.8) is 0 Å². The second-order valence-corrected chi connectivity index (χ2v) is 10.8. The SMILES string of the molecule is CC1=C(C(=O)OCCc2ccccc2)C(c2cccc(Cl)c2Cl)C2=C(CC(c3ccc(Cl)cc3)CC2=O)N1. The largest absolute Gasteiger partial charge is 0.462 e. The van der Waals surface area contributed by atoms with Crippen LogP contribution in [0.25, 0.3) is 0 Å². The van der Waals surface area contributed by atoms with Crippen molar-refractivity contribution in [2.75, 3.05) is 6.61 Å². The van der Waals surface area contributed by atoms with Crippen LogP contribution in [0.4, 0.5) is 0 Å². The first-order valence-electron chi connectivity index (χ1n) is 12.5. The molecule has 0 aromatic heterocycles. The second-order valence-electron chi connectivity index (χ2n) is 9.58. The molecule has 3 aromatic rings. The fraction of sp³-hybridized carbons (Fsp3) is 0.226. The van der Waals surface area contributed by atoms with Crippen LogP contribution in [0.5, 0.6) is 0 Å². The highest BCUT2D eigenvalue weighted by Crippen LogP contribution is 2.48. The van der Waals surface area contributed by atoms with E-state index in [-0.39, 0.29) is 18.3 Å². The summed E-state index contributed by atoms with van der Waals surface area (Å²) in [6, 6.07) is 22.7. The number of esters is 1. The van der Waals surface area contributed by atoms with Gasteiger partial charge >= 0.3 is 5.97 Å². The third-order valence-corrected chi connectivity index (χ3v) is 8.23. The molecule has 5 rings (SSSR count). The number of ether oxygens (including phenoxy) is 1. The molecule has 0 bridgehead atoms. The van der Waals surface area contributed by atoms with Gasteiger partial charge in [0.2, 0.25) is 0 Å². The molecule has 194 valence electrons. The van der Waals surface area contributed by atoms with E-state index in [1.165, 1.54) is 0 Å². The van der Waals surface area contributed by atoms with Crippen LogP contribution in [0.1, 0.15) is 48.3 Å². The summed E-state index contributed by atoms with van der Waals surface area (Å²) in [5.41, 5.74) is 5.07. The van der Waals surface area contributed by atoms with E-state index in [4.69, 9.17) is 39.5 Å². The third kappa shape index (κ3) is 5.40. The summed E-state index contributed by atoms with van der Waals surface area (Å²) in [6.45, 7) is 2.05. The number of ketones is 1. The number of nitrogens with one attached hydrogen (secondary N) is 1. The van der Waals surface area contributed by atoms with Crippen molar-refractivity contribution in [1.82, 2.24) is 5.32 Å². The molecule has 1 aliphatic heterocycles. The number of hydrogen-bond donors (Lipinski definition) is 1. The summed E-state index contributed by atoms with van der Waals surface area (Å²) in [5, 5.41) is 4.70. The van der Waals surface area contributed by atoms with E-state index in [2.05, 4.69) is 5.32 Å². The summed E-state index contributed by atoms with van der Waals surface area (Å²) in [4.78, 5) is 27.3. The molecule has 2 atom stereocenters. The van der Waals surface area contributed by atoms with Crippen LogP contribution in [0.3, 0.4) is 0 Å². The molecule has 4 nitrogen and oxygen atoms in total. The van der Waals surface area contributed by atoms with Gasteiger partial charge in [0, 0.05) is 40.7 Å². The molecule has 38 heavy (non-hydrogen) atoms. The first-order valence-corrected chi connectivity index (χ1v) is 13.6. The number of halogens is 3. The van der Waals surface area contributed by atoms with Gasteiger partial charge in [-0.2, -0.15) is 0 Å². The molecule has 2 unspecified atom stereocenters. The van der Waals surface area contributed by atoms with Crippen molar-refractivity contribution < 1.29 is 14.3 Å². The van der Waals surface area contributed by atoms with Gasteiger partial charge in [-0.25, -0.2) is 4.79 Å². The van der Waals surface area contributed by atoms with Gasteiger partial charge in [0.1, 0.15) is 0 Å². The molecule has 0 saturated carbocycles. The van der Waals surface area contributed by atoms with Gasteiger partial charge in [-0.1, -0.05) is 89.4 Å². The first kappa shape index (κ1) is 26.6. The Morgan fingerprint density at radius 3 is 2.42 bits per heavy atom. The van der Waals surface area contributed by atoms with Gasteiger partial charge in [-0.05, 0) is 54.2 Å². The van der Waals surface area contributed by atoms with Crippen LogP contribution in [0.15, 0.2) is 95.3 Å². The minimum absolute atomic E-state index is 0.00586. The van der Waals surface area contributed by atoms with Gasteiger partial charge in [0.05, 0.1) is 22.2 Å². The molecule has 1 N–H and O–H groups in total. The quantitative estimate of drug-likeness (QED) is 0.309. The maximum atomic E-state index is 13.8. The summed E-state index contributed by atoms with van der Waals surface area (Å²) in [5.74, 6) is -1.21. The molecule has 1 aliphatic carbocycles. The Kier molecular flexibility index (Phi) is 7.94. The topological polar surface area (TPSA) is 55.4 Å². The highest BCUT2D eigenvalue weighted by atomic mass is 35.5. The molecule has 7 heteroatoms. The van der Waals surface area contributed by atoms with Crippen LogP contribution in [0, 0.1) is 0 Å². The van der Waals surface area contributed by atoms with Crippen molar-refractivity contribution in [1.29, 1.82) is 0 Å². The highest BCUT2D eigenvalue weighted by Gasteiger charge is 2.42. The maximum absolute atomic E-state index is 13.8. The molecular formula is C31H26Cl3NO3. The zero-order valence-corrected chi connectivity index (χ0v) is 23.0. The van der Waals surface area contributed by atoms with E-state index in [1.54, 1.807) is 12.1 Å². The van der Waals surface area contributed by atoms with Crippen LogP contribution in [-0.4, -0.2) is 18.4 Å². The summed E-state index contributed by atoms with van der Waals surface area (Å²) >= 11 is 19.1. The molecule has 0 amide bonds. The van der Waals surface area contributed by atoms with Gasteiger partial charge in [-0.15, -0.1) is 0 Å². The Morgan fingerprint density at radius 1 is 0.947 bits per heavy atom. The number of rotatable bonds is 6. The van der Waals surface area contributed by atoms with Gasteiger partial charge in [0.25, 0.3) is 0 Å². The van der Waals surface area contributed by atoms with Crippen molar-refractivity contribution in [2.24, 2.45) is 0 Å². The van der Waals surface area contributed by atoms with Crippen molar-refractivity contribution >= 4 is 46.6 Å². The molecular weight excluding hydrogens is 541 g/mol. The van der Waals surface area contributed by atoms with Gasteiger partial charge in [-0.3, -0.25) is 4.79 Å². The predicted molar refractivity (Wildman–Crippen MR) is 152 cm³/mol. The van der Waals surface area contributed by atoms with E-state index >= 15 is 0 Å². The monoisotopic (exact) mass is 565 g/mol. The van der Waals surface area contributed by atoms with E-state index in [0.29, 0.717) is 56.7 Å². The molecule has 0 fully saturated rings. The average Bonchev–Trinajstić information content (AvgIpc) is 2.90. The molecule has 0 saturated heterocycles. The van der Waals surface area contributed by atoms with Crippen molar-refractivity contribution in [3.8, 4) is 0 Å². The summed E-state index contributed by atoms with van der Waals surface area (Å²) in [6.07, 6.45) is 1.52. The molecule has 2 aliphatic rings. The maximum Gasteiger partial charge on any atom is 0.336 e. The van der Waals surface area contributed by atoms with E-state index in [0.717, 1.165) is 16.8 Å². The number of carbonyl (C=O) groups is 2. The Labute approximate surface area is 237 Å². The van der Waals surface area contributed by atoms with Crippen LogP contribution < -0.4 is 5.32 Å². The standard InChI is InChI=1S/C31H26Cl3NO3/c1-18-27(31(37)38-15-14-19-6-3-2-4-7-19)28(23-8-5-9-24(33)30(23)34)29-25(35-18)16-21(17-26(29)36)20-10-12-22(32)13-11-20/h2-13,21,28,35H,14-17H2,1H3.